The van der Waals surface area contributed by atoms with Crippen LogP contribution in [0, 0.1) is 5.41 Å². The fourth-order valence-electron chi connectivity index (χ4n) is 1.53. The van der Waals surface area contributed by atoms with E-state index >= 15 is 0 Å². The molecule has 5 heteroatoms. The van der Waals surface area contributed by atoms with Gasteiger partial charge in [-0.3, -0.25) is 4.79 Å². The summed E-state index contributed by atoms with van der Waals surface area (Å²) in [6, 6.07) is 6.73. The van der Waals surface area contributed by atoms with Crippen LogP contribution in [-0.4, -0.2) is 30.8 Å². The zero-order valence-corrected chi connectivity index (χ0v) is 11.8. The predicted octanol–water partition coefficient (Wildman–Crippen LogP) is 2.36. The number of benzene rings is 1. The van der Waals surface area contributed by atoms with Gasteiger partial charge in [0.1, 0.15) is 5.75 Å². The fraction of sp³-hybridized carbons (Fsp3) is 0.333. The number of hydrogen-bond acceptors (Lipinski definition) is 4. The number of esters is 1. The van der Waals surface area contributed by atoms with Crippen molar-refractivity contribution in [3.05, 3.63) is 35.9 Å². The van der Waals surface area contributed by atoms with Crippen LogP contribution in [0.1, 0.15) is 19.4 Å². The Kier molecular flexibility index (Phi) is 5.46. The Morgan fingerprint density at radius 3 is 2.55 bits per heavy atom. The lowest BCUT2D eigenvalue weighted by Gasteiger charge is -2.21. The second kappa shape index (κ2) is 6.86. The van der Waals surface area contributed by atoms with E-state index in [1.807, 2.05) is 0 Å². The Bertz CT molecular complexity index is 517. The number of carbonyl (C=O) groups excluding carboxylic acids is 1. The third-order valence-electron chi connectivity index (χ3n) is 2.58. The molecule has 1 aromatic rings. The average molecular weight is 278 g/mol. The van der Waals surface area contributed by atoms with E-state index in [2.05, 4.69) is 0 Å². The van der Waals surface area contributed by atoms with Crippen LogP contribution in [0.2, 0.25) is 0 Å². The molecule has 0 spiro atoms. The molecule has 108 valence electrons. The van der Waals surface area contributed by atoms with Crippen molar-refractivity contribution in [1.82, 2.24) is 0 Å². The lowest BCUT2D eigenvalue weighted by Crippen LogP contribution is -2.33. The van der Waals surface area contributed by atoms with Gasteiger partial charge in [0.2, 0.25) is 0 Å². The van der Waals surface area contributed by atoms with E-state index in [1.54, 1.807) is 38.1 Å². The number of ether oxygens (including phenoxy) is 2. The molecule has 0 aliphatic rings. The fourth-order valence-corrected chi connectivity index (χ4v) is 1.53. The molecule has 0 saturated heterocycles. The Morgan fingerprint density at radius 2 is 1.95 bits per heavy atom. The number of rotatable bonds is 6. The van der Waals surface area contributed by atoms with Crippen LogP contribution >= 0.6 is 0 Å². The quantitative estimate of drug-likeness (QED) is 0.491. The van der Waals surface area contributed by atoms with Crippen molar-refractivity contribution in [3.63, 3.8) is 0 Å². The lowest BCUT2D eigenvalue weighted by atomic mass is 9.95. The van der Waals surface area contributed by atoms with Crippen LogP contribution in [0.25, 0.3) is 6.08 Å². The molecule has 0 aromatic heterocycles. The van der Waals surface area contributed by atoms with E-state index in [4.69, 9.17) is 14.6 Å². The van der Waals surface area contributed by atoms with Crippen LogP contribution in [0.3, 0.4) is 0 Å². The molecule has 5 nitrogen and oxygen atoms in total. The highest BCUT2D eigenvalue weighted by Crippen LogP contribution is 2.24. The van der Waals surface area contributed by atoms with Gasteiger partial charge in [0.15, 0.2) is 0 Å². The molecule has 0 saturated carbocycles. The second-order valence-corrected chi connectivity index (χ2v) is 4.92. The minimum atomic E-state index is -1.06. The lowest BCUT2D eigenvalue weighted by molar-refractivity contribution is -0.146. The van der Waals surface area contributed by atoms with Crippen molar-refractivity contribution < 1.29 is 24.2 Å². The van der Waals surface area contributed by atoms with Crippen LogP contribution in [0.5, 0.6) is 5.75 Å². The Morgan fingerprint density at radius 1 is 1.30 bits per heavy atom. The second-order valence-electron chi connectivity index (χ2n) is 4.92. The predicted molar refractivity (Wildman–Crippen MR) is 74.4 cm³/mol. The maximum absolute atomic E-state index is 12.1. The van der Waals surface area contributed by atoms with Gasteiger partial charge in [-0.2, -0.15) is 0 Å². The van der Waals surface area contributed by atoms with E-state index in [1.165, 1.54) is 13.2 Å². The summed E-state index contributed by atoms with van der Waals surface area (Å²) in [6.07, 6.45) is 2.38. The average Bonchev–Trinajstić information content (AvgIpc) is 2.37. The molecule has 0 aliphatic heterocycles. The number of aliphatic carboxylic acids is 1. The Labute approximate surface area is 117 Å². The zero-order valence-electron chi connectivity index (χ0n) is 11.8. The highest BCUT2D eigenvalue weighted by atomic mass is 16.5. The summed E-state index contributed by atoms with van der Waals surface area (Å²) in [5.74, 6) is -1.18. The maximum atomic E-state index is 12.1. The molecule has 1 rings (SSSR count). The molecule has 20 heavy (non-hydrogen) atoms. The monoisotopic (exact) mass is 278 g/mol. The van der Waals surface area contributed by atoms with E-state index in [0.29, 0.717) is 11.3 Å². The van der Waals surface area contributed by atoms with Crippen LogP contribution < -0.4 is 4.74 Å². The molecule has 0 radical (unpaired) electrons. The molecule has 0 aliphatic carbocycles. The van der Waals surface area contributed by atoms with Gasteiger partial charge in [0.25, 0.3) is 0 Å². The van der Waals surface area contributed by atoms with Crippen molar-refractivity contribution in [2.45, 2.75) is 13.8 Å². The molecule has 0 unspecified atom stereocenters. The summed E-state index contributed by atoms with van der Waals surface area (Å²) in [4.78, 5) is 22.6. The Hall–Kier alpha value is -2.14. The van der Waals surface area contributed by atoms with Crippen molar-refractivity contribution in [1.29, 1.82) is 0 Å². The third kappa shape index (κ3) is 4.51. The number of para-hydroxylation sites is 1. The van der Waals surface area contributed by atoms with E-state index in [-0.39, 0.29) is 6.61 Å². The van der Waals surface area contributed by atoms with Gasteiger partial charge in [-0.15, -0.1) is 0 Å². The number of carboxylic acid groups (broad SMARTS) is 1. The summed E-state index contributed by atoms with van der Waals surface area (Å²) >= 11 is 0. The van der Waals surface area contributed by atoms with Crippen molar-refractivity contribution >= 4 is 18.0 Å². The molecule has 0 heterocycles. The number of methoxy groups -OCH3 is 1. The van der Waals surface area contributed by atoms with Gasteiger partial charge in [-0.1, -0.05) is 18.2 Å². The van der Waals surface area contributed by atoms with Gasteiger partial charge in [-0.05, 0) is 26.0 Å². The van der Waals surface area contributed by atoms with Crippen LogP contribution in [0.15, 0.2) is 30.3 Å². The minimum absolute atomic E-state index is 0.235. The first kappa shape index (κ1) is 15.9. The molecule has 0 fully saturated rings. The highest BCUT2D eigenvalue weighted by molar-refractivity contribution is 5.86. The van der Waals surface area contributed by atoms with Crippen LogP contribution in [0.4, 0.5) is 0 Å². The van der Waals surface area contributed by atoms with E-state index in [0.717, 1.165) is 6.08 Å². The summed E-state index contributed by atoms with van der Waals surface area (Å²) in [7, 11) is 1.51. The molecule has 0 amide bonds. The van der Waals surface area contributed by atoms with Gasteiger partial charge >= 0.3 is 11.9 Å². The first-order chi connectivity index (χ1) is 9.36. The maximum Gasteiger partial charge on any atom is 0.328 e. The normalized spacial score (nSPS) is 11.6. The van der Waals surface area contributed by atoms with Crippen molar-refractivity contribution in [2.75, 3.05) is 13.7 Å². The molecular formula is C15H18O5. The number of carbonyl (C=O) groups is 2. The first-order valence-corrected chi connectivity index (χ1v) is 6.08. The Balaban J connectivity index is 2.93. The van der Waals surface area contributed by atoms with Gasteiger partial charge in [0, 0.05) is 18.7 Å². The third-order valence-corrected chi connectivity index (χ3v) is 2.58. The van der Waals surface area contributed by atoms with Gasteiger partial charge in [0.05, 0.1) is 12.0 Å². The molecule has 1 N–H and O–H groups in total. The van der Waals surface area contributed by atoms with Gasteiger partial charge in [-0.25, -0.2) is 4.79 Å². The molecular weight excluding hydrogens is 260 g/mol. The summed E-state index contributed by atoms with van der Waals surface area (Å²) in [5, 5.41) is 8.64. The molecule has 0 atom stereocenters. The first-order valence-electron chi connectivity index (χ1n) is 6.08. The smallest absolute Gasteiger partial charge is 0.328 e. The van der Waals surface area contributed by atoms with E-state index < -0.39 is 17.4 Å². The zero-order chi connectivity index (χ0) is 15.2. The SMILES string of the molecule is COCC(C)(C)C(=O)Oc1ccccc1/C=C/C(=O)O. The van der Waals surface area contributed by atoms with Crippen molar-refractivity contribution in [3.8, 4) is 5.75 Å². The highest BCUT2D eigenvalue weighted by Gasteiger charge is 2.30. The number of hydrogen-bond donors (Lipinski definition) is 1. The summed E-state index contributed by atoms with van der Waals surface area (Å²) < 4.78 is 10.3. The summed E-state index contributed by atoms with van der Waals surface area (Å²) in [6.45, 7) is 3.67. The molecule has 0 bridgehead atoms. The van der Waals surface area contributed by atoms with E-state index in [9.17, 15) is 9.59 Å². The molecule has 1 aromatic carbocycles. The topological polar surface area (TPSA) is 72.8 Å². The summed E-state index contributed by atoms with van der Waals surface area (Å²) in [5.41, 5.74) is -0.255. The standard InChI is InChI=1S/C15H18O5/c1-15(2,10-19-3)14(18)20-12-7-5-4-6-11(12)8-9-13(16)17/h4-9H,10H2,1-3H3,(H,16,17)/b9-8+. The van der Waals surface area contributed by atoms with Crippen molar-refractivity contribution in [2.24, 2.45) is 5.41 Å². The number of carboxylic acids is 1. The minimum Gasteiger partial charge on any atom is -0.478 e. The van der Waals surface area contributed by atoms with Crippen LogP contribution in [-0.2, 0) is 14.3 Å². The largest absolute Gasteiger partial charge is 0.478 e. The van der Waals surface area contributed by atoms with Gasteiger partial charge < -0.3 is 14.6 Å².